The number of phenols is 1. The van der Waals surface area contributed by atoms with Crippen molar-refractivity contribution in [2.45, 2.75) is 6.92 Å². The fourth-order valence-corrected chi connectivity index (χ4v) is 1.28. The molecule has 4 nitrogen and oxygen atoms in total. The van der Waals surface area contributed by atoms with Gasteiger partial charge in [0.05, 0.1) is 15.0 Å². The lowest BCUT2D eigenvalue weighted by atomic mass is 10.2. The van der Waals surface area contributed by atoms with E-state index < -0.39 is 4.92 Å². The number of nitrogens with zero attached hydrogens (tertiary/aromatic N) is 1. The highest BCUT2D eigenvalue weighted by Crippen LogP contribution is 2.33. The number of halogens is 1. The van der Waals surface area contributed by atoms with E-state index in [1.165, 1.54) is 19.1 Å². The van der Waals surface area contributed by atoms with Gasteiger partial charge in [-0.25, -0.2) is 0 Å². The van der Waals surface area contributed by atoms with E-state index in [9.17, 15) is 15.2 Å². The smallest absolute Gasteiger partial charge is 0.276 e. The van der Waals surface area contributed by atoms with Crippen LogP contribution in [0.3, 0.4) is 0 Å². The Bertz CT molecular complexity index is 338. The SMILES string of the molecule is Cc1c([N+](=O)[O-])ccc(Br)c1O. The third kappa shape index (κ3) is 1.40. The maximum Gasteiger partial charge on any atom is 0.276 e. The van der Waals surface area contributed by atoms with Gasteiger partial charge in [-0.05, 0) is 28.9 Å². The molecule has 0 heterocycles. The zero-order valence-electron chi connectivity index (χ0n) is 6.24. The topological polar surface area (TPSA) is 63.4 Å². The molecule has 0 bridgehead atoms. The molecular formula is C7H6BrNO3. The van der Waals surface area contributed by atoms with Crippen molar-refractivity contribution < 1.29 is 10.0 Å². The van der Waals surface area contributed by atoms with Crippen LogP contribution in [0, 0.1) is 17.0 Å². The molecule has 12 heavy (non-hydrogen) atoms. The average Bonchev–Trinajstić information content (AvgIpc) is 2.00. The van der Waals surface area contributed by atoms with Gasteiger partial charge < -0.3 is 5.11 Å². The summed E-state index contributed by atoms with van der Waals surface area (Å²) in [5.41, 5.74) is 0.199. The quantitative estimate of drug-likeness (QED) is 0.597. The zero-order chi connectivity index (χ0) is 9.30. The van der Waals surface area contributed by atoms with Gasteiger partial charge in [-0.2, -0.15) is 0 Å². The van der Waals surface area contributed by atoms with Gasteiger partial charge in [0.25, 0.3) is 5.69 Å². The summed E-state index contributed by atoms with van der Waals surface area (Å²) in [6.45, 7) is 1.50. The number of rotatable bonds is 1. The van der Waals surface area contributed by atoms with Crippen LogP contribution in [0.15, 0.2) is 16.6 Å². The number of aromatic hydroxyl groups is 1. The number of nitro groups is 1. The van der Waals surface area contributed by atoms with Crippen molar-refractivity contribution in [1.29, 1.82) is 0 Å². The third-order valence-corrected chi connectivity index (χ3v) is 2.19. The molecule has 0 fully saturated rings. The molecule has 0 spiro atoms. The highest BCUT2D eigenvalue weighted by Gasteiger charge is 2.14. The van der Waals surface area contributed by atoms with Crippen LogP contribution in [-0.2, 0) is 0 Å². The van der Waals surface area contributed by atoms with Crippen LogP contribution in [0.1, 0.15) is 5.56 Å². The molecular weight excluding hydrogens is 226 g/mol. The second kappa shape index (κ2) is 3.10. The van der Waals surface area contributed by atoms with Crippen LogP contribution >= 0.6 is 15.9 Å². The van der Waals surface area contributed by atoms with Crippen molar-refractivity contribution in [2.75, 3.05) is 0 Å². The molecule has 1 N–H and O–H groups in total. The van der Waals surface area contributed by atoms with E-state index in [-0.39, 0.29) is 17.0 Å². The first-order chi connectivity index (χ1) is 5.54. The summed E-state index contributed by atoms with van der Waals surface area (Å²) in [5, 5.41) is 19.6. The fraction of sp³-hybridized carbons (Fsp3) is 0.143. The van der Waals surface area contributed by atoms with E-state index in [4.69, 9.17) is 0 Å². The molecule has 0 amide bonds. The largest absolute Gasteiger partial charge is 0.506 e. The minimum absolute atomic E-state index is 0.0734. The van der Waals surface area contributed by atoms with Crippen molar-refractivity contribution >= 4 is 21.6 Å². The Hall–Kier alpha value is -1.10. The highest BCUT2D eigenvalue weighted by molar-refractivity contribution is 9.10. The second-order valence-electron chi connectivity index (χ2n) is 2.30. The molecule has 1 aromatic carbocycles. The lowest BCUT2D eigenvalue weighted by molar-refractivity contribution is -0.385. The first-order valence-electron chi connectivity index (χ1n) is 3.16. The normalized spacial score (nSPS) is 9.83. The number of benzene rings is 1. The minimum Gasteiger partial charge on any atom is -0.506 e. The van der Waals surface area contributed by atoms with Gasteiger partial charge in [-0.3, -0.25) is 10.1 Å². The minimum atomic E-state index is -0.526. The lowest BCUT2D eigenvalue weighted by Gasteiger charge is -2.01. The van der Waals surface area contributed by atoms with Gasteiger partial charge in [-0.15, -0.1) is 0 Å². The van der Waals surface area contributed by atoms with Crippen LogP contribution < -0.4 is 0 Å². The van der Waals surface area contributed by atoms with Crippen LogP contribution in [0.2, 0.25) is 0 Å². The van der Waals surface area contributed by atoms with E-state index in [1.807, 2.05) is 0 Å². The van der Waals surface area contributed by atoms with Crippen LogP contribution in [0.5, 0.6) is 5.75 Å². The molecule has 0 saturated carbocycles. The number of hydrogen-bond acceptors (Lipinski definition) is 3. The average molecular weight is 232 g/mol. The van der Waals surface area contributed by atoms with Gasteiger partial charge in [0.1, 0.15) is 5.75 Å². The highest BCUT2D eigenvalue weighted by atomic mass is 79.9. The summed E-state index contributed by atoms with van der Waals surface area (Å²) in [7, 11) is 0. The van der Waals surface area contributed by atoms with Crippen molar-refractivity contribution in [3.8, 4) is 5.75 Å². The van der Waals surface area contributed by atoms with E-state index in [1.54, 1.807) is 0 Å². The van der Waals surface area contributed by atoms with Gasteiger partial charge in [-0.1, -0.05) is 0 Å². The molecule has 0 radical (unpaired) electrons. The molecule has 0 aliphatic rings. The molecule has 64 valence electrons. The molecule has 0 aliphatic carbocycles. The van der Waals surface area contributed by atoms with E-state index in [2.05, 4.69) is 15.9 Å². The number of nitro benzene ring substituents is 1. The Kier molecular flexibility index (Phi) is 2.32. The van der Waals surface area contributed by atoms with Crippen molar-refractivity contribution in [3.05, 3.63) is 32.3 Å². The van der Waals surface area contributed by atoms with Gasteiger partial charge in [0, 0.05) is 6.07 Å². The summed E-state index contributed by atoms with van der Waals surface area (Å²) in [4.78, 5) is 9.84. The molecule has 0 aromatic heterocycles. The van der Waals surface area contributed by atoms with Gasteiger partial charge in [0.15, 0.2) is 0 Å². The van der Waals surface area contributed by atoms with Crippen molar-refractivity contribution in [3.63, 3.8) is 0 Å². The summed E-state index contributed by atoms with van der Waals surface area (Å²) in [5.74, 6) is -0.0794. The van der Waals surface area contributed by atoms with Crippen LogP contribution in [-0.4, -0.2) is 10.0 Å². The molecule has 1 rings (SSSR count). The Morgan fingerprint density at radius 1 is 1.58 bits per heavy atom. The standard InChI is InChI=1S/C7H6BrNO3/c1-4-6(9(11)12)3-2-5(8)7(4)10/h2-3,10H,1H3. The van der Waals surface area contributed by atoms with Gasteiger partial charge in [0.2, 0.25) is 0 Å². The second-order valence-corrected chi connectivity index (χ2v) is 3.15. The first-order valence-corrected chi connectivity index (χ1v) is 3.96. The monoisotopic (exact) mass is 231 g/mol. The molecule has 1 aromatic rings. The predicted molar refractivity (Wildman–Crippen MR) is 47.2 cm³/mol. The fourth-order valence-electron chi connectivity index (χ4n) is 0.854. The Balaban J connectivity index is 3.36. The van der Waals surface area contributed by atoms with E-state index >= 15 is 0 Å². The Morgan fingerprint density at radius 2 is 2.17 bits per heavy atom. The maximum absolute atomic E-state index is 10.4. The maximum atomic E-state index is 10.4. The molecule has 0 unspecified atom stereocenters. The summed E-state index contributed by atoms with van der Waals surface area (Å²) in [6, 6.07) is 2.79. The summed E-state index contributed by atoms with van der Waals surface area (Å²) >= 11 is 3.06. The Labute approximate surface area is 77.1 Å². The van der Waals surface area contributed by atoms with Crippen molar-refractivity contribution in [1.82, 2.24) is 0 Å². The number of hydrogen-bond donors (Lipinski definition) is 1. The number of phenolic OH excluding ortho intramolecular Hbond substituents is 1. The van der Waals surface area contributed by atoms with Crippen molar-refractivity contribution in [2.24, 2.45) is 0 Å². The predicted octanol–water partition coefficient (Wildman–Crippen LogP) is 2.37. The summed E-state index contributed by atoms with van der Waals surface area (Å²) < 4.78 is 0.464. The Morgan fingerprint density at radius 3 is 2.67 bits per heavy atom. The van der Waals surface area contributed by atoms with Crippen LogP contribution in [0.25, 0.3) is 0 Å². The van der Waals surface area contributed by atoms with Gasteiger partial charge >= 0.3 is 0 Å². The van der Waals surface area contributed by atoms with Crippen LogP contribution in [0.4, 0.5) is 5.69 Å². The summed E-state index contributed by atoms with van der Waals surface area (Å²) in [6.07, 6.45) is 0. The molecule has 0 aliphatic heterocycles. The zero-order valence-corrected chi connectivity index (χ0v) is 7.83. The molecule has 0 atom stereocenters. The first kappa shape index (κ1) is 8.99. The molecule has 5 heteroatoms. The molecule has 0 saturated heterocycles. The van der Waals surface area contributed by atoms with E-state index in [0.29, 0.717) is 4.47 Å². The lowest BCUT2D eigenvalue weighted by Crippen LogP contribution is -1.91. The van der Waals surface area contributed by atoms with E-state index in [0.717, 1.165) is 0 Å². The third-order valence-electron chi connectivity index (χ3n) is 1.55.